The van der Waals surface area contributed by atoms with Gasteiger partial charge in [0.2, 0.25) is 5.82 Å². The van der Waals surface area contributed by atoms with Gasteiger partial charge < -0.3 is 5.73 Å². The molecule has 0 spiro atoms. The van der Waals surface area contributed by atoms with Crippen molar-refractivity contribution in [2.45, 2.75) is 0 Å². The molecule has 0 fully saturated rings. The van der Waals surface area contributed by atoms with Gasteiger partial charge in [-0.1, -0.05) is 0 Å². The zero-order chi connectivity index (χ0) is 15.9. The zero-order valence-corrected chi connectivity index (χ0v) is 12.7. The van der Waals surface area contributed by atoms with Crippen LogP contribution in [-0.2, 0) is 4.84 Å². The number of nitrogens with two attached hydrogens (primary N) is 1. The van der Waals surface area contributed by atoms with Crippen LogP contribution in [0.5, 0.6) is 0 Å². The average molecular weight is 375 g/mol. The molecular weight excluding hydrogens is 363 g/mol. The van der Waals surface area contributed by atoms with E-state index in [1.807, 2.05) is 5.48 Å². The molecule has 9 nitrogen and oxygen atoms in total. The molecule has 0 aliphatic heterocycles. The molecule has 0 aliphatic carbocycles. The van der Waals surface area contributed by atoms with Crippen LogP contribution in [0.15, 0.2) is 32.3 Å². The second kappa shape index (κ2) is 7.79. The highest BCUT2D eigenvalue weighted by atomic mass is 79.9. The lowest BCUT2D eigenvalue weighted by Gasteiger charge is -2.05. The summed E-state index contributed by atoms with van der Waals surface area (Å²) < 4.78 is 18.0. The fourth-order valence-corrected chi connectivity index (χ4v) is 1.77. The first-order chi connectivity index (χ1) is 10.7. The fraction of sp³-hybridized carbons (Fsp3) is 0.182. The van der Waals surface area contributed by atoms with Crippen molar-refractivity contribution in [2.24, 2.45) is 10.7 Å². The number of aromatic nitrogens is 2. The molecule has 1 aromatic heterocycles. The first-order valence-electron chi connectivity index (χ1n) is 6.00. The summed E-state index contributed by atoms with van der Waals surface area (Å²) in [5.74, 6) is -0.411. The van der Waals surface area contributed by atoms with Gasteiger partial charge in [0.1, 0.15) is 5.82 Å². The predicted octanol–water partition coefficient (Wildman–Crippen LogP) is 1.33. The molecule has 0 atom stereocenters. The summed E-state index contributed by atoms with van der Waals surface area (Å²) in [6.07, 6.45) is 0. The zero-order valence-electron chi connectivity index (χ0n) is 11.1. The lowest BCUT2D eigenvalue weighted by Crippen LogP contribution is -2.22. The van der Waals surface area contributed by atoms with Crippen molar-refractivity contribution in [2.75, 3.05) is 18.6 Å². The number of benzene rings is 1. The van der Waals surface area contributed by atoms with E-state index in [2.05, 4.69) is 41.3 Å². The molecule has 2 aromatic rings. The SMILES string of the molecule is NCCONc1nonc1C(=Nc1ccc(F)c(Br)c1)NO. The van der Waals surface area contributed by atoms with E-state index in [0.29, 0.717) is 12.2 Å². The summed E-state index contributed by atoms with van der Waals surface area (Å²) in [5.41, 5.74) is 10.1. The van der Waals surface area contributed by atoms with Gasteiger partial charge in [0.15, 0.2) is 11.5 Å². The minimum absolute atomic E-state index is 0.0694. The summed E-state index contributed by atoms with van der Waals surface area (Å²) in [5, 5.41) is 16.4. The van der Waals surface area contributed by atoms with Crippen molar-refractivity contribution < 1.29 is 19.1 Å². The fourth-order valence-electron chi connectivity index (χ4n) is 1.40. The molecular formula is C11H12BrFN6O3. The van der Waals surface area contributed by atoms with E-state index < -0.39 is 5.82 Å². The molecule has 118 valence electrons. The Hall–Kier alpha value is -2.08. The summed E-state index contributed by atoms with van der Waals surface area (Å²) in [6, 6.07) is 4.07. The van der Waals surface area contributed by atoms with Crippen LogP contribution in [0.3, 0.4) is 0 Å². The molecule has 1 heterocycles. The molecule has 2 rings (SSSR count). The highest BCUT2D eigenvalue weighted by molar-refractivity contribution is 9.10. The minimum atomic E-state index is -0.432. The van der Waals surface area contributed by atoms with Gasteiger partial charge in [-0.2, -0.15) is 0 Å². The molecule has 0 unspecified atom stereocenters. The van der Waals surface area contributed by atoms with E-state index in [1.165, 1.54) is 18.2 Å². The maximum Gasteiger partial charge on any atom is 0.225 e. The Kier molecular flexibility index (Phi) is 5.77. The molecule has 0 saturated carbocycles. The molecule has 22 heavy (non-hydrogen) atoms. The maximum absolute atomic E-state index is 13.2. The van der Waals surface area contributed by atoms with Crippen molar-refractivity contribution in [3.63, 3.8) is 0 Å². The first kappa shape index (κ1) is 16.3. The van der Waals surface area contributed by atoms with Crippen LogP contribution in [0.4, 0.5) is 15.9 Å². The number of anilines is 1. The van der Waals surface area contributed by atoms with Gasteiger partial charge in [-0.3, -0.25) is 15.5 Å². The molecule has 5 N–H and O–H groups in total. The summed E-state index contributed by atoms with van der Waals surface area (Å²) >= 11 is 3.05. The van der Waals surface area contributed by atoms with Crippen molar-refractivity contribution in [1.29, 1.82) is 0 Å². The minimum Gasteiger partial charge on any atom is -0.328 e. The van der Waals surface area contributed by atoms with Gasteiger partial charge in [-0.25, -0.2) is 19.5 Å². The summed E-state index contributed by atoms with van der Waals surface area (Å²) in [6.45, 7) is 0.534. The molecule has 0 aliphatic rings. The van der Waals surface area contributed by atoms with Crippen molar-refractivity contribution >= 4 is 33.3 Å². The number of nitrogens with one attached hydrogen (secondary N) is 2. The van der Waals surface area contributed by atoms with Crippen molar-refractivity contribution in [3.05, 3.63) is 34.2 Å². The molecule has 0 amide bonds. The Labute approximate surface area is 132 Å². The van der Waals surface area contributed by atoms with Gasteiger partial charge in [0.05, 0.1) is 16.8 Å². The van der Waals surface area contributed by atoms with Crippen LogP contribution in [0.25, 0.3) is 0 Å². The van der Waals surface area contributed by atoms with E-state index >= 15 is 0 Å². The van der Waals surface area contributed by atoms with Gasteiger partial charge in [0.25, 0.3) is 0 Å². The third-order valence-electron chi connectivity index (χ3n) is 2.35. The second-order valence-corrected chi connectivity index (χ2v) is 4.73. The molecule has 0 bridgehead atoms. The van der Waals surface area contributed by atoms with Crippen molar-refractivity contribution in [3.8, 4) is 0 Å². The normalized spacial score (nSPS) is 11.5. The Morgan fingerprint density at radius 3 is 3.00 bits per heavy atom. The predicted molar refractivity (Wildman–Crippen MR) is 78.1 cm³/mol. The van der Waals surface area contributed by atoms with Crippen LogP contribution in [0, 0.1) is 5.82 Å². The standard InChI is InChI=1S/C11H12BrFN6O3/c12-7-5-6(1-2-8(7)13)15-10(16-20)9-11(19-22-17-9)18-21-4-3-14/h1-2,5,20H,3-4,14H2,(H,15,16)(H,18,19). The number of hydrogen-bond donors (Lipinski definition) is 4. The number of halogens is 2. The van der Waals surface area contributed by atoms with Crippen LogP contribution >= 0.6 is 15.9 Å². The number of aliphatic imine (C=N–C) groups is 1. The number of rotatable bonds is 6. The Balaban J connectivity index is 2.25. The highest BCUT2D eigenvalue weighted by Gasteiger charge is 2.17. The third-order valence-corrected chi connectivity index (χ3v) is 2.96. The topological polar surface area (TPSA) is 131 Å². The molecule has 0 saturated heterocycles. The quantitative estimate of drug-likeness (QED) is 0.257. The Morgan fingerprint density at radius 1 is 1.50 bits per heavy atom. The molecule has 0 radical (unpaired) electrons. The van der Waals surface area contributed by atoms with E-state index in [4.69, 9.17) is 10.6 Å². The van der Waals surface area contributed by atoms with Crippen LogP contribution in [0.1, 0.15) is 5.69 Å². The Morgan fingerprint density at radius 2 is 2.32 bits per heavy atom. The van der Waals surface area contributed by atoms with Crippen molar-refractivity contribution in [1.82, 2.24) is 15.8 Å². The number of amidine groups is 1. The van der Waals surface area contributed by atoms with Crippen LogP contribution < -0.4 is 16.7 Å². The number of nitrogens with zero attached hydrogens (tertiary/aromatic N) is 3. The Bertz CT molecular complexity index is 665. The van der Waals surface area contributed by atoms with E-state index in [-0.39, 0.29) is 28.4 Å². The van der Waals surface area contributed by atoms with E-state index in [1.54, 1.807) is 0 Å². The second-order valence-electron chi connectivity index (χ2n) is 3.87. The summed E-state index contributed by atoms with van der Waals surface area (Å²) in [4.78, 5) is 9.08. The first-order valence-corrected chi connectivity index (χ1v) is 6.79. The summed E-state index contributed by atoms with van der Waals surface area (Å²) in [7, 11) is 0. The molecule has 11 heteroatoms. The van der Waals surface area contributed by atoms with Gasteiger partial charge in [-0.15, -0.1) is 0 Å². The van der Waals surface area contributed by atoms with E-state index in [0.717, 1.165) is 0 Å². The van der Waals surface area contributed by atoms with Crippen LogP contribution in [0.2, 0.25) is 0 Å². The van der Waals surface area contributed by atoms with Gasteiger partial charge in [-0.05, 0) is 44.4 Å². The van der Waals surface area contributed by atoms with Gasteiger partial charge in [0, 0.05) is 6.54 Å². The van der Waals surface area contributed by atoms with Crippen LogP contribution in [-0.4, -0.2) is 34.5 Å². The monoisotopic (exact) mass is 374 g/mol. The largest absolute Gasteiger partial charge is 0.328 e. The lowest BCUT2D eigenvalue weighted by atomic mass is 10.3. The average Bonchev–Trinajstić information content (AvgIpc) is 2.97. The smallest absolute Gasteiger partial charge is 0.225 e. The maximum atomic E-state index is 13.2. The highest BCUT2D eigenvalue weighted by Crippen LogP contribution is 2.23. The van der Waals surface area contributed by atoms with E-state index in [9.17, 15) is 9.60 Å². The number of hydrogen-bond acceptors (Lipinski definition) is 8. The molecule has 1 aromatic carbocycles. The number of hydroxylamine groups is 1. The lowest BCUT2D eigenvalue weighted by molar-refractivity contribution is 0.198. The van der Waals surface area contributed by atoms with Gasteiger partial charge >= 0.3 is 0 Å². The third kappa shape index (κ3) is 3.98.